The van der Waals surface area contributed by atoms with E-state index in [1.54, 1.807) is 0 Å². The van der Waals surface area contributed by atoms with Crippen LogP contribution < -0.4 is 0 Å². The van der Waals surface area contributed by atoms with Crippen LogP contribution in [0.4, 0.5) is 0 Å². The van der Waals surface area contributed by atoms with Crippen LogP contribution in [0.3, 0.4) is 0 Å². The molecule has 0 heterocycles. The number of rotatable bonds is 72. The van der Waals surface area contributed by atoms with Gasteiger partial charge >= 0.3 is 39.5 Å². The van der Waals surface area contributed by atoms with Gasteiger partial charge < -0.3 is 33.8 Å². The summed E-state index contributed by atoms with van der Waals surface area (Å²) in [6.07, 6.45) is 68.9. The molecule has 0 radical (unpaired) electrons. The Balaban J connectivity index is 5.34. The third kappa shape index (κ3) is 69.0. The minimum atomic E-state index is -4.97. The van der Waals surface area contributed by atoms with Gasteiger partial charge in [-0.15, -0.1) is 0 Å². The summed E-state index contributed by atoms with van der Waals surface area (Å²) >= 11 is 0. The molecule has 0 aromatic rings. The van der Waals surface area contributed by atoms with E-state index in [1.165, 1.54) is 96.3 Å². The zero-order valence-corrected chi connectivity index (χ0v) is 62.6. The first-order chi connectivity index (χ1) is 46.7. The number of esters is 4. The van der Waals surface area contributed by atoms with Crippen molar-refractivity contribution >= 4 is 39.5 Å². The van der Waals surface area contributed by atoms with Crippen molar-refractivity contribution in [3.8, 4) is 0 Å². The van der Waals surface area contributed by atoms with Crippen molar-refractivity contribution in [3.05, 3.63) is 72.9 Å². The van der Waals surface area contributed by atoms with Crippen LogP contribution in [0, 0.1) is 0 Å². The highest BCUT2D eigenvalue weighted by Crippen LogP contribution is 2.45. The number of aliphatic hydroxyl groups excluding tert-OH is 1. The summed E-state index contributed by atoms with van der Waals surface area (Å²) in [6, 6.07) is 0. The van der Waals surface area contributed by atoms with Gasteiger partial charge in [0.2, 0.25) is 0 Å². The Hall–Kier alpha value is -3.50. The molecule has 0 spiro atoms. The fourth-order valence-corrected chi connectivity index (χ4v) is 11.9. The standard InChI is InChI=1S/C77H138O17P2/c1-5-9-13-17-21-25-29-33-35-39-41-45-49-53-57-61-74(79)87-67-72(93-76(81)63-59-55-51-47-43-37-31-27-23-19-15-11-7-3)69-91-95(83,84)89-65-71(78)66-90-96(85,86)92-70-73(94-77(82)64-60-56-52-48-44-38-32-28-24-20-16-12-8-4)68-88-75(80)62-58-54-50-46-42-40-36-34-30-26-22-18-14-10-6-2/h9,13,21-22,25-26,28,32-36,71-73,78H,5-8,10-12,14-20,23-24,27,29-31,37-70H2,1-4H3,(H,83,84)(H,85,86)/b13-9-,25-21-,26-22-,32-28-,35-33-,36-34-. The van der Waals surface area contributed by atoms with E-state index in [-0.39, 0.29) is 25.7 Å². The molecule has 0 aliphatic carbocycles. The number of unbranched alkanes of at least 4 members (excludes halogenated alkanes) is 34. The average molecular weight is 1400 g/mol. The first kappa shape index (κ1) is 92.5. The molecular formula is C77H138O17P2. The normalized spacial score (nSPS) is 14.4. The van der Waals surface area contributed by atoms with Crippen molar-refractivity contribution in [1.29, 1.82) is 0 Å². The molecule has 19 heteroatoms. The lowest BCUT2D eigenvalue weighted by Gasteiger charge is -2.21. The average Bonchev–Trinajstić information content (AvgIpc) is 1.14. The largest absolute Gasteiger partial charge is 0.472 e. The van der Waals surface area contributed by atoms with Crippen LogP contribution in [0.15, 0.2) is 72.9 Å². The summed E-state index contributed by atoms with van der Waals surface area (Å²) in [6.45, 7) is 4.72. The highest BCUT2D eigenvalue weighted by atomic mass is 31.2. The molecule has 3 N–H and O–H groups in total. The molecule has 0 fully saturated rings. The van der Waals surface area contributed by atoms with Crippen molar-refractivity contribution in [2.45, 2.75) is 354 Å². The second-order valence-electron chi connectivity index (χ2n) is 25.6. The van der Waals surface area contributed by atoms with E-state index in [2.05, 4.69) is 101 Å². The predicted molar refractivity (Wildman–Crippen MR) is 390 cm³/mol. The van der Waals surface area contributed by atoms with Gasteiger partial charge in [-0.3, -0.25) is 37.3 Å². The Morgan fingerprint density at radius 3 is 0.875 bits per heavy atom. The molecule has 17 nitrogen and oxygen atoms in total. The number of aliphatic hydroxyl groups is 1. The first-order valence-electron chi connectivity index (χ1n) is 38.2. The molecule has 0 bridgehead atoms. The van der Waals surface area contributed by atoms with Crippen molar-refractivity contribution in [2.24, 2.45) is 0 Å². The molecule has 558 valence electrons. The lowest BCUT2D eigenvalue weighted by atomic mass is 10.0. The van der Waals surface area contributed by atoms with Crippen LogP contribution in [-0.4, -0.2) is 96.7 Å². The number of hydrogen-bond acceptors (Lipinski definition) is 15. The van der Waals surface area contributed by atoms with Crippen molar-refractivity contribution < 1.29 is 80.2 Å². The molecule has 0 rings (SSSR count). The van der Waals surface area contributed by atoms with Crippen LogP contribution in [0.5, 0.6) is 0 Å². The smallest absolute Gasteiger partial charge is 0.462 e. The van der Waals surface area contributed by atoms with E-state index in [0.29, 0.717) is 25.7 Å². The maximum atomic E-state index is 13.1. The zero-order chi connectivity index (χ0) is 70.4. The minimum Gasteiger partial charge on any atom is -0.462 e. The fraction of sp³-hybridized carbons (Fsp3) is 0.792. The fourth-order valence-electron chi connectivity index (χ4n) is 10.3. The molecule has 0 aromatic heterocycles. The minimum absolute atomic E-state index is 0.0844. The van der Waals surface area contributed by atoms with Crippen LogP contribution >= 0.6 is 15.6 Å². The van der Waals surface area contributed by atoms with E-state index < -0.39 is 97.5 Å². The number of ether oxygens (including phenoxy) is 4. The Morgan fingerprint density at radius 1 is 0.302 bits per heavy atom. The van der Waals surface area contributed by atoms with Gasteiger partial charge in [-0.25, -0.2) is 9.13 Å². The van der Waals surface area contributed by atoms with Gasteiger partial charge in [-0.05, 0) is 116 Å². The summed E-state index contributed by atoms with van der Waals surface area (Å²) in [7, 11) is -9.94. The summed E-state index contributed by atoms with van der Waals surface area (Å²) in [5.41, 5.74) is 0. The van der Waals surface area contributed by atoms with Crippen molar-refractivity contribution in [2.75, 3.05) is 39.6 Å². The zero-order valence-electron chi connectivity index (χ0n) is 60.8. The monoisotopic (exact) mass is 1400 g/mol. The topological polar surface area (TPSA) is 237 Å². The van der Waals surface area contributed by atoms with Crippen LogP contribution in [-0.2, 0) is 65.4 Å². The van der Waals surface area contributed by atoms with Crippen LogP contribution in [0.2, 0.25) is 0 Å². The lowest BCUT2D eigenvalue weighted by molar-refractivity contribution is -0.161. The number of carbonyl (C=O) groups excluding carboxylic acids is 4. The Bertz CT molecular complexity index is 2110. The molecule has 96 heavy (non-hydrogen) atoms. The van der Waals surface area contributed by atoms with Crippen molar-refractivity contribution in [3.63, 3.8) is 0 Å². The summed E-state index contributed by atoms with van der Waals surface area (Å²) < 4.78 is 68.4. The van der Waals surface area contributed by atoms with Gasteiger partial charge in [0.25, 0.3) is 0 Å². The van der Waals surface area contributed by atoms with Gasteiger partial charge in [0, 0.05) is 25.7 Å². The summed E-state index contributed by atoms with van der Waals surface area (Å²) in [4.78, 5) is 72.8. The van der Waals surface area contributed by atoms with E-state index in [0.717, 1.165) is 161 Å². The quantitative estimate of drug-likeness (QED) is 0.0169. The van der Waals surface area contributed by atoms with E-state index in [4.69, 9.17) is 37.0 Å². The van der Waals surface area contributed by atoms with Crippen molar-refractivity contribution in [1.82, 2.24) is 0 Å². The van der Waals surface area contributed by atoms with Gasteiger partial charge in [0.15, 0.2) is 12.2 Å². The SMILES string of the molecule is CC/C=C\C/C=C\C/C=C\CCCCCCCC(=O)OCC(COP(=O)(O)OCC(O)COP(=O)(O)OCC(COC(=O)CCCCCCC/C=C\C/C=C\CCCCC)OC(=O)CCCCCCC/C=C\CCCCCC)OC(=O)CCCCCCCCCCCCCCC. The van der Waals surface area contributed by atoms with Crippen LogP contribution in [0.1, 0.15) is 336 Å². The number of phosphoric ester groups is 2. The Kier molecular flexibility index (Phi) is 67.4. The van der Waals surface area contributed by atoms with Gasteiger partial charge in [0.05, 0.1) is 26.4 Å². The number of carbonyl (C=O) groups is 4. The van der Waals surface area contributed by atoms with Crippen LogP contribution in [0.25, 0.3) is 0 Å². The van der Waals surface area contributed by atoms with E-state index in [1.807, 2.05) is 0 Å². The summed E-state index contributed by atoms with van der Waals surface area (Å²) in [5, 5.41) is 10.6. The highest BCUT2D eigenvalue weighted by molar-refractivity contribution is 7.47. The molecule has 5 atom stereocenters. The maximum absolute atomic E-state index is 13.1. The number of hydrogen-bond donors (Lipinski definition) is 3. The number of phosphoric acid groups is 2. The van der Waals surface area contributed by atoms with Gasteiger partial charge in [-0.1, -0.05) is 268 Å². The molecule has 0 amide bonds. The summed E-state index contributed by atoms with van der Waals surface area (Å²) in [5.74, 6) is -2.19. The third-order valence-corrected chi connectivity index (χ3v) is 18.1. The molecule has 0 saturated carbocycles. The molecular weight excluding hydrogens is 1260 g/mol. The Labute approximate surface area is 583 Å². The maximum Gasteiger partial charge on any atom is 0.472 e. The second-order valence-corrected chi connectivity index (χ2v) is 28.5. The molecule has 0 aromatic carbocycles. The number of allylic oxidation sites excluding steroid dienone is 12. The van der Waals surface area contributed by atoms with Gasteiger partial charge in [-0.2, -0.15) is 0 Å². The molecule has 0 saturated heterocycles. The van der Waals surface area contributed by atoms with E-state index in [9.17, 15) is 43.2 Å². The molecule has 0 aliphatic rings. The Morgan fingerprint density at radius 2 is 0.542 bits per heavy atom. The van der Waals surface area contributed by atoms with E-state index >= 15 is 0 Å². The lowest BCUT2D eigenvalue weighted by Crippen LogP contribution is -2.30. The molecule has 5 unspecified atom stereocenters. The van der Waals surface area contributed by atoms with Gasteiger partial charge in [0.1, 0.15) is 19.3 Å². The first-order valence-corrected chi connectivity index (χ1v) is 41.2. The molecule has 0 aliphatic heterocycles. The third-order valence-electron chi connectivity index (χ3n) is 16.2. The predicted octanol–water partition coefficient (Wildman–Crippen LogP) is 21.7. The highest BCUT2D eigenvalue weighted by Gasteiger charge is 2.30. The second kappa shape index (κ2) is 70.0.